The van der Waals surface area contributed by atoms with Crippen LogP contribution < -0.4 is 10.1 Å². The molecule has 0 aliphatic heterocycles. The molecule has 0 amide bonds. The number of rotatable bonds is 8. The molecule has 2 heterocycles. The van der Waals surface area contributed by atoms with Crippen LogP contribution in [0.25, 0.3) is 11.6 Å². The second-order valence-electron chi connectivity index (χ2n) is 7.74. The van der Waals surface area contributed by atoms with Gasteiger partial charge in [-0.05, 0) is 53.6 Å². The zero-order valence-electron chi connectivity index (χ0n) is 18.6. The zero-order valence-corrected chi connectivity index (χ0v) is 19.4. The van der Waals surface area contributed by atoms with E-state index in [9.17, 15) is 4.79 Å². The maximum Gasteiger partial charge on any atom is 0.281 e. The molecule has 0 aliphatic rings. The van der Waals surface area contributed by atoms with Crippen LogP contribution in [-0.4, -0.2) is 20.7 Å². The number of furan rings is 1. The fourth-order valence-corrected chi connectivity index (χ4v) is 3.64. The van der Waals surface area contributed by atoms with Gasteiger partial charge >= 0.3 is 0 Å². The van der Waals surface area contributed by atoms with Crippen molar-refractivity contribution in [2.45, 2.75) is 13.2 Å². The molecule has 0 aliphatic carbocycles. The number of ether oxygens (including phenoxy) is 1. The summed E-state index contributed by atoms with van der Waals surface area (Å²) in [7, 11) is 0. The molecule has 0 radical (unpaired) electrons. The Morgan fingerprint density at radius 2 is 1.77 bits per heavy atom. The molecule has 1 N–H and O–H groups in total. The third-order valence-electron chi connectivity index (χ3n) is 5.23. The molecule has 5 rings (SSSR count). The van der Waals surface area contributed by atoms with E-state index in [1.165, 1.54) is 10.9 Å². The molecule has 0 saturated heterocycles. The van der Waals surface area contributed by atoms with E-state index in [2.05, 4.69) is 15.4 Å². The average Bonchev–Trinajstić information content (AvgIpc) is 3.57. The Labute approximate surface area is 207 Å². The number of hydrogen-bond donors (Lipinski definition) is 1. The summed E-state index contributed by atoms with van der Waals surface area (Å²) in [6, 6.07) is 27.9. The highest BCUT2D eigenvalue weighted by molar-refractivity contribution is 6.31. The first-order chi connectivity index (χ1) is 17.2. The van der Waals surface area contributed by atoms with Crippen molar-refractivity contribution in [2.24, 2.45) is 0 Å². The summed E-state index contributed by atoms with van der Waals surface area (Å²) in [5.41, 5.74) is 2.49. The van der Waals surface area contributed by atoms with Gasteiger partial charge in [-0.15, -0.1) is 5.10 Å². The van der Waals surface area contributed by atoms with Crippen LogP contribution in [0.15, 0.2) is 102 Å². The van der Waals surface area contributed by atoms with Gasteiger partial charge in [0.05, 0.1) is 6.26 Å². The minimum Gasteiger partial charge on any atom is -0.489 e. The van der Waals surface area contributed by atoms with Crippen molar-refractivity contribution in [3.63, 3.8) is 0 Å². The van der Waals surface area contributed by atoms with Crippen LogP contribution >= 0.6 is 11.6 Å². The smallest absolute Gasteiger partial charge is 0.281 e. The lowest BCUT2D eigenvalue weighted by molar-refractivity contribution is 0.0947. The van der Waals surface area contributed by atoms with E-state index in [0.29, 0.717) is 41.3 Å². The molecular formula is C27H21ClN4O3. The summed E-state index contributed by atoms with van der Waals surface area (Å²) in [6.45, 7) is 0.931. The van der Waals surface area contributed by atoms with E-state index in [1.54, 1.807) is 36.4 Å². The fourth-order valence-electron chi connectivity index (χ4n) is 3.45. The maximum atomic E-state index is 13.2. The normalized spacial score (nSPS) is 10.8. The number of nitrogens with zero attached hydrogens (tertiary/aromatic N) is 3. The Balaban J connectivity index is 1.31. The molecule has 8 heteroatoms. The fraction of sp³-hybridized carbons (Fsp3) is 0.0741. The number of hydrogen-bond acceptors (Lipinski definition) is 6. The van der Waals surface area contributed by atoms with Gasteiger partial charge in [-0.3, -0.25) is 4.79 Å². The standard InChI is InChI=1S/C27H21ClN4O3/c28-22-9-4-8-21(16-22)26(33)32-27(30-25(31-32)24-10-5-15-34-24)29-17-19-11-13-23(14-12-19)35-18-20-6-2-1-3-7-20/h1-16H,17-18H2,(H,29,30,31). The quantitative estimate of drug-likeness (QED) is 0.288. The Morgan fingerprint density at radius 1 is 0.943 bits per heavy atom. The molecule has 5 aromatic rings. The van der Waals surface area contributed by atoms with E-state index in [-0.39, 0.29) is 5.91 Å². The maximum absolute atomic E-state index is 13.2. The Morgan fingerprint density at radius 3 is 2.51 bits per heavy atom. The Bertz CT molecular complexity index is 1410. The molecule has 7 nitrogen and oxygen atoms in total. The predicted octanol–water partition coefficient (Wildman–Crippen LogP) is 6.07. The lowest BCUT2D eigenvalue weighted by Crippen LogP contribution is -2.17. The molecule has 0 bridgehead atoms. The highest BCUT2D eigenvalue weighted by Crippen LogP contribution is 2.21. The van der Waals surface area contributed by atoms with Crippen LogP contribution in [-0.2, 0) is 13.2 Å². The number of carbonyl (C=O) groups is 1. The van der Waals surface area contributed by atoms with Crippen molar-refractivity contribution in [1.29, 1.82) is 0 Å². The highest BCUT2D eigenvalue weighted by Gasteiger charge is 2.20. The van der Waals surface area contributed by atoms with E-state index >= 15 is 0 Å². The summed E-state index contributed by atoms with van der Waals surface area (Å²) >= 11 is 6.08. The molecule has 0 saturated carbocycles. The van der Waals surface area contributed by atoms with Crippen molar-refractivity contribution in [1.82, 2.24) is 14.8 Å². The first-order valence-corrected chi connectivity index (χ1v) is 11.3. The van der Waals surface area contributed by atoms with Crippen molar-refractivity contribution < 1.29 is 13.9 Å². The Kier molecular flexibility index (Phi) is 6.59. The van der Waals surface area contributed by atoms with Gasteiger partial charge in [-0.1, -0.05) is 60.1 Å². The molecule has 0 atom stereocenters. The van der Waals surface area contributed by atoms with E-state index in [1.807, 2.05) is 54.6 Å². The first-order valence-electron chi connectivity index (χ1n) is 11.0. The number of benzene rings is 3. The summed E-state index contributed by atoms with van der Waals surface area (Å²) in [5.74, 6) is 1.48. The lowest BCUT2D eigenvalue weighted by Gasteiger charge is -2.09. The third-order valence-corrected chi connectivity index (χ3v) is 5.47. The number of nitrogens with one attached hydrogen (secondary N) is 1. The minimum atomic E-state index is -0.357. The molecule has 0 unspecified atom stereocenters. The van der Waals surface area contributed by atoms with Crippen LogP contribution in [0.2, 0.25) is 5.02 Å². The zero-order chi connectivity index (χ0) is 24.0. The summed E-state index contributed by atoms with van der Waals surface area (Å²) in [6.07, 6.45) is 1.53. The molecule has 35 heavy (non-hydrogen) atoms. The van der Waals surface area contributed by atoms with Gasteiger partial charge in [0.15, 0.2) is 5.76 Å². The van der Waals surface area contributed by atoms with Crippen molar-refractivity contribution in [2.75, 3.05) is 5.32 Å². The van der Waals surface area contributed by atoms with Gasteiger partial charge in [-0.25, -0.2) is 0 Å². The van der Waals surface area contributed by atoms with Crippen molar-refractivity contribution in [3.8, 4) is 17.3 Å². The third kappa shape index (κ3) is 5.42. The van der Waals surface area contributed by atoms with Gasteiger partial charge in [0, 0.05) is 17.1 Å². The van der Waals surface area contributed by atoms with Crippen LogP contribution in [0, 0.1) is 0 Å². The van der Waals surface area contributed by atoms with Crippen LogP contribution in [0.5, 0.6) is 5.75 Å². The molecule has 0 fully saturated rings. The monoisotopic (exact) mass is 484 g/mol. The topological polar surface area (TPSA) is 82.2 Å². The lowest BCUT2D eigenvalue weighted by atomic mass is 10.2. The molecular weight excluding hydrogens is 464 g/mol. The molecule has 0 spiro atoms. The van der Waals surface area contributed by atoms with E-state index < -0.39 is 0 Å². The summed E-state index contributed by atoms with van der Waals surface area (Å²) in [4.78, 5) is 17.6. The van der Waals surface area contributed by atoms with Crippen LogP contribution in [0.1, 0.15) is 21.5 Å². The van der Waals surface area contributed by atoms with E-state index in [4.69, 9.17) is 20.8 Å². The molecule has 3 aromatic carbocycles. The summed E-state index contributed by atoms with van der Waals surface area (Å²) < 4.78 is 12.5. The van der Waals surface area contributed by atoms with Crippen LogP contribution in [0.3, 0.4) is 0 Å². The molecule has 2 aromatic heterocycles. The number of halogens is 1. The second kappa shape index (κ2) is 10.3. The average molecular weight is 485 g/mol. The first kappa shape index (κ1) is 22.4. The second-order valence-corrected chi connectivity index (χ2v) is 8.17. The number of aromatic nitrogens is 3. The molecule has 174 valence electrons. The van der Waals surface area contributed by atoms with Crippen molar-refractivity contribution >= 4 is 23.5 Å². The highest BCUT2D eigenvalue weighted by atomic mass is 35.5. The Hall–Kier alpha value is -4.36. The predicted molar refractivity (Wildman–Crippen MR) is 133 cm³/mol. The van der Waals surface area contributed by atoms with Gasteiger partial charge < -0.3 is 14.5 Å². The van der Waals surface area contributed by atoms with Gasteiger partial charge in [-0.2, -0.15) is 9.67 Å². The van der Waals surface area contributed by atoms with Gasteiger partial charge in [0.1, 0.15) is 12.4 Å². The van der Waals surface area contributed by atoms with Crippen molar-refractivity contribution in [3.05, 3.63) is 119 Å². The number of carbonyl (C=O) groups excluding carboxylic acids is 1. The minimum absolute atomic E-state index is 0.297. The van der Waals surface area contributed by atoms with Crippen LogP contribution in [0.4, 0.5) is 5.95 Å². The largest absolute Gasteiger partial charge is 0.489 e. The summed E-state index contributed by atoms with van der Waals surface area (Å²) in [5, 5.41) is 8.05. The van der Waals surface area contributed by atoms with Gasteiger partial charge in [0.2, 0.25) is 11.8 Å². The SMILES string of the molecule is O=C(c1cccc(Cl)c1)n1nc(-c2ccco2)nc1NCc1ccc(OCc2ccccc2)cc1. The van der Waals surface area contributed by atoms with Gasteiger partial charge in [0.25, 0.3) is 5.91 Å². The van der Waals surface area contributed by atoms with E-state index in [0.717, 1.165) is 16.9 Å². The number of anilines is 1.